The largest absolute Gasteiger partial charge is 0.340 e. The lowest BCUT2D eigenvalue weighted by atomic mass is 9.93. The number of Topliss-reactive ketones (excluding diaryl/α,β-unsaturated/α-hetero) is 1. The van der Waals surface area contributed by atoms with E-state index in [1.54, 1.807) is 33.6 Å². The lowest BCUT2D eigenvalue weighted by molar-refractivity contribution is -0.133. The summed E-state index contributed by atoms with van der Waals surface area (Å²) in [6, 6.07) is 0. The Morgan fingerprint density at radius 1 is 1.36 bits per heavy atom. The number of carbonyl (C=O) groups excluding carboxylic acids is 2. The summed E-state index contributed by atoms with van der Waals surface area (Å²) in [7, 11) is 1.80. The number of piperidine rings is 1. The van der Waals surface area contributed by atoms with Gasteiger partial charge in [0.05, 0.1) is 16.4 Å². The molecule has 134 valence electrons. The van der Waals surface area contributed by atoms with Crippen LogP contribution in [0.5, 0.6) is 0 Å². The molecule has 3 heterocycles. The minimum atomic E-state index is -0.206. The third-order valence-corrected chi connectivity index (χ3v) is 5.31. The quantitative estimate of drug-likeness (QED) is 0.779. The van der Waals surface area contributed by atoms with Gasteiger partial charge in [0.15, 0.2) is 5.82 Å². The van der Waals surface area contributed by atoms with Gasteiger partial charge in [0.25, 0.3) is 0 Å². The van der Waals surface area contributed by atoms with Crippen LogP contribution in [-0.4, -0.2) is 49.0 Å². The van der Waals surface area contributed by atoms with Crippen LogP contribution >= 0.6 is 11.6 Å². The highest BCUT2D eigenvalue weighted by Gasteiger charge is 2.31. The molecule has 0 N–H and O–H groups in total. The van der Waals surface area contributed by atoms with E-state index in [9.17, 15) is 9.59 Å². The molecule has 0 unspecified atom stereocenters. The number of likely N-dealkylation sites (tertiary alicyclic amines) is 1. The maximum Gasteiger partial charge on any atom is 0.244 e. The Morgan fingerprint density at radius 2 is 2.12 bits per heavy atom. The van der Waals surface area contributed by atoms with Gasteiger partial charge < -0.3 is 9.47 Å². The highest BCUT2D eigenvalue weighted by molar-refractivity contribution is 6.31. The first-order valence-corrected chi connectivity index (χ1v) is 8.75. The highest BCUT2D eigenvalue weighted by atomic mass is 35.5. The van der Waals surface area contributed by atoms with Crippen LogP contribution in [0.25, 0.3) is 0 Å². The van der Waals surface area contributed by atoms with Gasteiger partial charge in [0.2, 0.25) is 11.7 Å². The van der Waals surface area contributed by atoms with Crippen molar-refractivity contribution in [1.82, 2.24) is 24.2 Å². The third-order valence-electron chi connectivity index (χ3n) is 4.76. The Bertz CT molecular complexity index is 810. The van der Waals surface area contributed by atoms with E-state index in [4.69, 9.17) is 11.6 Å². The van der Waals surface area contributed by atoms with E-state index in [0.29, 0.717) is 29.6 Å². The second-order valence-corrected chi connectivity index (χ2v) is 6.93. The van der Waals surface area contributed by atoms with Crippen LogP contribution < -0.4 is 0 Å². The normalized spacial score (nSPS) is 17.8. The van der Waals surface area contributed by atoms with E-state index < -0.39 is 0 Å². The molecule has 0 radical (unpaired) electrons. The summed E-state index contributed by atoms with van der Waals surface area (Å²) in [4.78, 5) is 31.2. The molecule has 1 fully saturated rings. The molecule has 1 aliphatic heterocycles. The van der Waals surface area contributed by atoms with Crippen molar-refractivity contribution >= 4 is 23.3 Å². The Labute approximate surface area is 151 Å². The number of carbonyl (C=O) groups is 2. The summed E-state index contributed by atoms with van der Waals surface area (Å²) < 4.78 is 3.35. The number of hydrogen-bond donors (Lipinski definition) is 0. The molecular weight excluding hydrogens is 342 g/mol. The zero-order valence-electron chi connectivity index (χ0n) is 14.7. The Kier molecular flexibility index (Phi) is 4.94. The van der Waals surface area contributed by atoms with E-state index in [-0.39, 0.29) is 24.2 Å². The van der Waals surface area contributed by atoms with Gasteiger partial charge in [-0.3, -0.25) is 14.3 Å². The second-order valence-electron chi connectivity index (χ2n) is 6.55. The van der Waals surface area contributed by atoms with Gasteiger partial charge in [-0.05, 0) is 26.7 Å². The second kappa shape index (κ2) is 7.00. The van der Waals surface area contributed by atoms with E-state index in [1.165, 1.54) is 0 Å². The van der Waals surface area contributed by atoms with Crippen molar-refractivity contribution in [1.29, 1.82) is 0 Å². The van der Waals surface area contributed by atoms with Crippen LogP contribution in [0.1, 0.15) is 34.8 Å². The molecular formula is C17H22ClN5O2. The third kappa shape index (κ3) is 3.46. The minimum Gasteiger partial charge on any atom is -0.340 e. The van der Waals surface area contributed by atoms with Crippen molar-refractivity contribution in [2.45, 2.75) is 33.2 Å². The number of hydrogen-bond acceptors (Lipinski definition) is 4. The molecule has 3 rings (SSSR count). The molecule has 1 aliphatic rings. The SMILES string of the molecule is Cc1nn(CC(=O)N2CCC[C@H](C(=O)c3nccn3C)C2)c(C)c1Cl. The average Bonchev–Trinajstić information content (AvgIpc) is 3.13. The number of imidazole rings is 1. The molecule has 0 spiro atoms. The van der Waals surface area contributed by atoms with Crippen molar-refractivity contribution < 1.29 is 9.59 Å². The molecule has 0 aliphatic carbocycles. The van der Waals surface area contributed by atoms with Gasteiger partial charge >= 0.3 is 0 Å². The number of rotatable bonds is 4. The summed E-state index contributed by atoms with van der Waals surface area (Å²) in [5, 5.41) is 4.90. The van der Waals surface area contributed by atoms with Crippen molar-refractivity contribution in [3.8, 4) is 0 Å². The zero-order chi connectivity index (χ0) is 18.1. The minimum absolute atomic E-state index is 0.000779. The Morgan fingerprint density at radius 3 is 2.72 bits per heavy atom. The molecule has 2 aromatic heterocycles. The molecule has 1 amide bonds. The summed E-state index contributed by atoms with van der Waals surface area (Å²) in [6.45, 7) is 4.90. The predicted octanol–water partition coefficient (Wildman–Crippen LogP) is 2.01. The average molecular weight is 364 g/mol. The van der Waals surface area contributed by atoms with Crippen LogP contribution in [0.3, 0.4) is 0 Å². The molecule has 7 nitrogen and oxygen atoms in total. The number of amides is 1. The molecule has 0 saturated carbocycles. The van der Waals surface area contributed by atoms with Crippen LogP contribution in [0.4, 0.5) is 0 Å². The lowest BCUT2D eigenvalue weighted by Crippen LogP contribution is -2.44. The first kappa shape index (κ1) is 17.7. The van der Waals surface area contributed by atoms with Gasteiger partial charge in [0.1, 0.15) is 6.54 Å². The van der Waals surface area contributed by atoms with Gasteiger partial charge in [-0.2, -0.15) is 5.10 Å². The molecule has 0 aromatic carbocycles. The smallest absolute Gasteiger partial charge is 0.244 e. The molecule has 1 saturated heterocycles. The van der Waals surface area contributed by atoms with Crippen LogP contribution in [-0.2, 0) is 18.4 Å². The summed E-state index contributed by atoms with van der Waals surface area (Å²) in [6.07, 6.45) is 4.96. The lowest BCUT2D eigenvalue weighted by Gasteiger charge is -2.32. The monoisotopic (exact) mass is 363 g/mol. The van der Waals surface area contributed by atoms with Crippen LogP contribution in [0.15, 0.2) is 12.4 Å². The van der Waals surface area contributed by atoms with Crippen LogP contribution in [0, 0.1) is 19.8 Å². The summed E-state index contributed by atoms with van der Waals surface area (Å²) in [5.41, 5.74) is 1.50. The Hall–Kier alpha value is -2.15. The molecule has 0 bridgehead atoms. The van der Waals surface area contributed by atoms with Crippen molar-refractivity contribution in [3.05, 3.63) is 34.6 Å². The number of aryl methyl sites for hydroxylation is 2. The first-order chi connectivity index (χ1) is 11.9. The summed E-state index contributed by atoms with van der Waals surface area (Å²) >= 11 is 6.14. The zero-order valence-corrected chi connectivity index (χ0v) is 15.5. The van der Waals surface area contributed by atoms with Gasteiger partial charge in [0, 0.05) is 38.4 Å². The van der Waals surface area contributed by atoms with E-state index in [2.05, 4.69) is 10.1 Å². The fourth-order valence-corrected chi connectivity index (χ4v) is 3.40. The fraction of sp³-hybridized carbons (Fsp3) is 0.529. The number of ketones is 1. The Balaban J connectivity index is 1.68. The fourth-order valence-electron chi connectivity index (χ4n) is 3.26. The number of nitrogens with zero attached hydrogens (tertiary/aromatic N) is 5. The standard InChI is InChI=1S/C17H22ClN5O2/c1-11-15(18)12(2)23(20-11)10-14(24)22-7-4-5-13(9-22)16(25)17-19-6-8-21(17)3/h6,8,13H,4-5,7,9-10H2,1-3H3/t13-/m0/s1. The highest BCUT2D eigenvalue weighted by Crippen LogP contribution is 2.22. The predicted molar refractivity (Wildman–Crippen MR) is 93.6 cm³/mol. The van der Waals surface area contributed by atoms with Gasteiger partial charge in [-0.1, -0.05) is 11.6 Å². The topological polar surface area (TPSA) is 73.0 Å². The van der Waals surface area contributed by atoms with E-state index >= 15 is 0 Å². The first-order valence-electron chi connectivity index (χ1n) is 8.37. The van der Waals surface area contributed by atoms with Gasteiger partial charge in [-0.25, -0.2) is 4.98 Å². The molecule has 8 heteroatoms. The van der Waals surface area contributed by atoms with Crippen molar-refractivity contribution in [2.75, 3.05) is 13.1 Å². The van der Waals surface area contributed by atoms with Crippen molar-refractivity contribution in [3.63, 3.8) is 0 Å². The van der Waals surface area contributed by atoms with E-state index in [1.807, 2.05) is 13.8 Å². The van der Waals surface area contributed by atoms with Gasteiger partial charge in [-0.15, -0.1) is 0 Å². The van der Waals surface area contributed by atoms with Crippen LogP contribution in [0.2, 0.25) is 5.02 Å². The maximum absolute atomic E-state index is 12.7. The number of aromatic nitrogens is 4. The maximum atomic E-state index is 12.7. The summed E-state index contributed by atoms with van der Waals surface area (Å²) in [5.74, 6) is 0.200. The van der Waals surface area contributed by atoms with Crippen molar-refractivity contribution in [2.24, 2.45) is 13.0 Å². The van der Waals surface area contributed by atoms with E-state index in [0.717, 1.165) is 18.5 Å². The molecule has 25 heavy (non-hydrogen) atoms. The molecule has 1 atom stereocenters. The number of halogens is 1. The molecule has 2 aromatic rings.